The molecule has 0 amide bonds. The van der Waals surface area contributed by atoms with Gasteiger partial charge in [-0.1, -0.05) is 35.5 Å². The van der Waals surface area contributed by atoms with Crippen LogP contribution in [-0.4, -0.2) is 33.4 Å². The van der Waals surface area contributed by atoms with E-state index in [4.69, 9.17) is 16.3 Å². The first kappa shape index (κ1) is 21.1. The fourth-order valence-corrected chi connectivity index (χ4v) is 3.96. The van der Waals surface area contributed by atoms with Crippen molar-refractivity contribution in [1.82, 2.24) is 14.8 Å². The van der Waals surface area contributed by atoms with Crippen LogP contribution < -0.4 is 4.74 Å². The highest BCUT2D eigenvalue weighted by atomic mass is 35.5. The maximum absolute atomic E-state index is 13.1. The quantitative estimate of drug-likeness (QED) is 0.265. The molecule has 1 aromatic heterocycles. The van der Waals surface area contributed by atoms with Gasteiger partial charge in [0.1, 0.15) is 11.6 Å². The molecule has 0 spiro atoms. The predicted molar refractivity (Wildman–Crippen MR) is 120 cm³/mol. The highest BCUT2D eigenvalue weighted by molar-refractivity contribution is 7.99. The van der Waals surface area contributed by atoms with E-state index in [0.717, 1.165) is 11.3 Å². The lowest BCUT2D eigenvalue weighted by Crippen LogP contribution is -2.05. The van der Waals surface area contributed by atoms with Gasteiger partial charge in [-0.15, -0.1) is 10.2 Å². The molecule has 0 saturated heterocycles. The van der Waals surface area contributed by atoms with Gasteiger partial charge in [0.25, 0.3) is 0 Å². The van der Waals surface area contributed by atoms with Crippen LogP contribution in [0.2, 0.25) is 5.02 Å². The van der Waals surface area contributed by atoms with E-state index < -0.39 is 0 Å². The molecule has 1 heterocycles. The van der Waals surface area contributed by atoms with Crippen molar-refractivity contribution in [3.05, 3.63) is 89.2 Å². The standard InChI is InChI=1S/C23H17ClFN3O2S/c1-30-20-4-2-3-16(13-20)22-26-27-23(28(22)19-11-7-17(24)8-12-19)31-14-21(29)15-5-9-18(25)10-6-15/h2-13H,14H2,1H3. The number of nitrogens with zero attached hydrogens (tertiary/aromatic N) is 3. The SMILES string of the molecule is COc1cccc(-c2nnc(SCC(=O)c3ccc(F)cc3)n2-c2ccc(Cl)cc2)c1. The summed E-state index contributed by atoms with van der Waals surface area (Å²) < 4.78 is 20.3. The largest absolute Gasteiger partial charge is 0.497 e. The fourth-order valence-electron chi connectivity index (χ4n) is 2.98. The van der Waals surface area contributed by atoms with Gasteiger partial charge in [0, 0.05) is 21.8 Å². The predicted octanol–water partition coefficient (Wildman–Crippen LogP) is 5.71. The number of Topliss-reactive ketones (excluding diaryl/α,β-unsaturated/α-hetero) is 1. The molecular weight excluding hydrogens is 437 g/mol. The first-order chi connectivity index (χ1) is 15.0. The Balaban J connectivity index is 1.68. The summed E-state index contributed by atoms with van der Waals surface area (Å²) in [5, 5.41) is 9.85. The van der Waals surface area contributed by atoms with Crippen LogP contribution in [0.3, 0.4) is 0 Å². The Bertz CT molecular complexity index is 1210. The van der Waals surface area contributed by atoms with E-state index in [1.165, 1.54) is 36.0 Å². The summed E-state index contributed by atoms with van der Waals surface area (Å²) in [6.45, 7) is 0. The van der Waals surface area contributed by atoms with Gasteiger partial charge in [-0.25, -0.2) is 4.39 Å². The molecule has 0 N–H and O–H groups in total. The van der Waals surface area contributed by atoms with Gasteiger partial charge in [0.05, 0.1) is 12.9 Å². The van der Waals surface area contributed by atoms with E-state index in [0.29, 0.717) is 27.3 Å². The van der Waals surface area contributed by atoms with E-state index in [9.17, 15) is 9.18 Å². The van der Waals surface area contributed by atoms with E-state index >= 15 is 0 Å². The Labute approximate surface area is 187 Å². The lowest BCUT2D eigenvalue weighted by molar-refractivity contribution is 0.102. The molecule has 0 aliphatic rings. The Kier molecular flexibility index (Phi) is 6.34. The minimum atomic E-state index is -0.380. The zero-order valence-electron chi connectivity index (χ0n) is 16.5. The van der Waals surface area contributed by atoms with Gasteiger partial charge in [0.15, 0.2) is 16.8 Å². The van der Waals surface area contributed by atoms with Crippen molar-refractivity contribution in [2.75, 3.05) is 12.9 Å². The summed E-state index contributed by atoms with van der Waals surface area (Å²) in [4.78, 5) is 12.5. The zero-order chi connectivity index (χ0) is 21.8. The zero-order valence-corrected chi connectivity index (χ0v) is 18.0. The van der Waals surface area contributed by atoms with Crippen molar-refractivity contribution in [1.29, 1.82) is 0 Å². The first-order valence-corrected chi connectivity index (χ1v) is 10.7. The highest BCUT2D eigenvalue weighted by Gasteiger charge is 2.18. The number of halogens is 2. The summed E-state index contributed by atoms with van der Waals surface area (Å²) in [5.41, 5.74) is 2.07. The molecule has 0 unspecified atom stereocenters. The highest BCUT2D eigenvalue weighted by Crippen LogP contribution is 2.30. The molecule has 3 aromatic carbocycles. The minimum Gasteiger partial charge on any atom is -0.497 e. The smallest absolute Gasteiger partial charge is 0.196 e. The fraction of sp³-hybridized carbons (Fsp3) is 0.0870. The molecule has 0 bridgehead atoms. The van der Waals surface area contributed by atoms with Gasteiger partial charge in [-0.3, -0.25) is 9.36 Å². The van der Waals surface area contributed by atoms with Gasteiger partial charge < -0.3 is 4.74 Å². The molecule has 5 nitrogen and oxygen atoms in total. The number of benzene rings is 3. The average Bonchev–Trinajstić information content (AvgIpc) is 3.22. The maximum Gasteiger partial charge on any atom is 0.196 e. The summed E-state index contributed by atoms with van der Waals surface area (Å²) in [6, 6.07) is 20.3. The van der Waals surface area contributed by atoms with Crippen molar-refractivity contribution >= 4 is 29.1 Å². The normalized spacial score (nSPS) is 10.8. The van der Waals surface area contributed by atoms with Crippen LogP contribution in [0.25, 0.3) is 17.1 Å². The molecule has 4 rings (SSSR count). The van der Waals surface area contributed by atoms with E-state index in [1.807, 2.05) is 41.0 Å². The molecule has 0 fully saturated rings. The number of carbonyl (C=O) groups is 1. The molecule has 0 aliphatic heterocycles. The number of ketones is 1. The maximum atomic E-state index is 13.1. The molecule has 156 valence electrons. The third-order valence-corrected chi connectivity index (χ3v) is 5.73. The molecule has 31 heavy (non-hydrogen) atoms. The van der Waals surface area contributed by atoms with Crippen LogP contribution in [0.15, 0.2) is 78.0 Å². The molecule has 8 heteroatoms. The van der Waals surface area contributed by atoms with Crippen LogP contribution >= 0.6 is 23.4 Å². The van der Waals surface area contributed by atoms with Crippen molar-refractivity contribution in [2.24, 2.45) is 0 Å². The molecule has 0 atom stereocenters. The number of carbonyl (C=O) groups excluding carboxylic acids is 1. The van der Waals surface area contributed by atoms with Crippen molar-refractivity contribution < 1.29 is 13.9 Å². The third-order valence-electron chi connectivity index (χ3n) is 4.54. The number of hydrogen-bond donors (Lipinski definition) is 0. The first-order valence-electron chi connectivity index (χ1n) is 9.32. The second-order valence-corrected chi connectivity index (χ2v) is 7.95. The molecule has 0 aliphatic carbocycles. The van der Waals surface area contributed by atoms with Crippen LogP contribution in [0.1, 0.15) is 10.4 Å². The monoisotopic (exact) mass is 453 g/mol. The van der Waals surface area contributed by atoms with E-state index in [-0.39, 0.29) is 17.4 Å². The van der Waals surface area contributed by atoms with Crippen molar-refractivity contribution in [2.45, 2.75) is 5.16 Å². The van der Waals surface area contributed by atoms with Crippen LogP contribution in [-0.2, 0) is 0 Å². The van der Waals surface area contributed by atoms with Gasteiger partial charge >= 0.3 is 0 Å². The van der Waals surface area contributed by atoms with Gasteiger partial charge in [-0.05, 0) is 60.7 Å². The lowest BCUT2D eigenvalue weighted by Gasteiger charge is -2.11. The lowest BCUT2D eigenvalue weighted by atomic mass is 10.1. The van der Waals surface area contributed by atoms with E-state index in [1.54, 1.807) is 19.2 Å². The third kappa shape index (κ3) is 4.78. The van der Waals surface area contributed by atoms with Crippen LogP contribution in [0.5, 0.6) is 5.75 Å². The second-order valence-electron chi connectivity index (χ2n) is 6.57. The number of rotatable bonds is 7. The Morgan fingerprint density at radius 1 is 1.06 bits per heavy atom. The summed E-state index contributed by atoms with van der Waals surface area (Å²) >= 11 is 7.32. The summed E-state index contributed by atoms with van der Waals surface area (Å²) in [6.07, 6.45) is 0. The number of hydrogen-bond acceptors (Lipinski definition) is 5. The summed E-state index contributed by atoms with van der Waals surface area (Å²) in [5.74, 6) is 0.935. The second kappa shape index (κ2) is 9.32. The van der Waals surface area contributed by atoms with Crippen molar-refractivity contribution in [3.63, 3.8) is 0 Å². The molecule has 0 saturated carbocycles. The van der Waals surface area contributed by atoms with Crippen LogP contribution in [0.4, 0.5) is 4.39 Å². The number of aromatic nitrogens is 3. The molecule has 0 radical (unpaired) electrons. The van der Waals surface area contributed by atoms with Gasteiger partial charge in [-0.2, -0.15) is 0 Å². The number of methoxy groups -OCH3 is 1. The van der Waals surface area contributed by atoms with Crippen LogP contribution in [0, 0.1) is 5.82 Å². The van der Waals surface area contributed by atoms with Gasteiger partial charge in [0.2, 0.25) is 0 Å². The molecule has 4 aromatic rings. The van der Waals surface area contributed by atoms with Crippen molar-refractivity contribution in [3.8, 4) is 22.8 Å². The number of ether oxygens (including phenoxy) is 1. The Morgan fingerprint density at radius 3 is 2.52 bits per heavy atom. The summed E-state index contributed by atoms with van der Waals surface area (Å²) in [7, 11) is 1.60. The number of thioether (sulfide) groups is 1. The molecular formula is C23H17ClFN3O2S. The minimum absolute atomic E-state index is 0.126. The average molecular weight is 454 g/mol. The van der Waals surface area contributed by atoms with E-state index in [2.05, 4.69) is 10.2 Å². The topological polar surface area (TPSA) is 57.0 Å². The Morgan fingerprint density at radius 2 is 1.81 bits per heavy atom. The Hall–Kier alpha value is -3.16.